The maximum Gasteiger partial charge on any atom is 0.256 e. The Labute approximate surface area is 96.7 Å². The molecule has 0 aliphatic heterocycles. The molecule has 0 saturated carbocycles. The fourth-order valence-corrected chi connectivity index (χ4v) is 1.29. The highest BCUT2D eigenvalue weighted by atomic mass is 19.1. The van der Waals surface area contributed by atoms with Crippen molar-refractivity contribution in [2.45, 2.75) is 13.5 Å². The molecule has 1 amide bonds. The SMILES string of the molecule is Cc1cnc(CNC(=O)c2cccnc2F)o1. The number of halogens is 1. The number of hydrogen-bond donors (Lipinski definition) is 1. The second-order valence-electron chi connectivity index (χ2n) is 3.39. The van der Waals surface area contributed by atoms with Crippen LogP contribution >= 0.6 is 0 Å². The summed E-state index contributed by atoms with van der Waals surface area (Å²) in [6.45, 7) is 1.86. The second kappa shape index (κ2) is 4.73. The number of rotatable bonds is 3. The number of nitrogens with zero attached hydrogens (tertiary/aromatic N) is 2. The number of hydrogen-bond acceptors (Lipinski definition) is 4. The molecule has 0 bridgehead atoms. The fourth-order valence-electron chi connectivity index (χ4n) is 1.29. The first-order chi connectivity index (χ1) is 8.16. The van der Waals surface area contributed by atoms with Crippen LogP contribution in [0.3, 0.4) is 0 Å². The first-order valence-corrected chi connectivity index (χ1v) is 4.97. The molecule has 0 aliphatic carbocycles. The number of carbonyl (C=O) groups is 1. The molecule has 2 aromatic rings. The van der Waals surface area contributed by atoms with Crippen LogP contribution in [0.2, 0.25) is 0 Å². The molecule has 0 radical (unpaired) electrons. The molecule has 17 heavy (non-hydrogen) atoms. The molecular weight excluding hydrogens is 225 g/mol. The van der Waals surface area contributed by atoms with Crippen molar-refractivity contribution < 1.29 is 13.6 Å². The lowest BCUT2D eigenvalue weighted by Gasteiger charge is -2.02. The van der Waals surface area contributed by atoms with Crippen LogP contribution in [-0.2, 0) is 6.54 Å². The average molecular weight is 235 g/mol. The fraction of sp³-hybridized carbons (Fsp3) is 0.182. The standard InChI is InChI=1S/C11H10FN3O2/c1-7-5-14-9(17-7)6-15-11(16)8-3-2-4-13-10(8)12/h2-5H,6H2,1H3,(H,15,16). The van der Waals surface area contributed by atoms with Crippen molar-refractivity contribution in [1.82, 2.24) is 15.3 Å². The summed E-state index contributed by atoms with van der Waals surface area (Å²) in [7, 11) is 0. The lowest BCUT2D eigenvalue weighted by molar-refractivity contribution is 0.0942. The van der Waals surface area contributed by atoms with Gasteiger partial charge >= 0.3 is 0 Å². The van der Waals surface area contributed by atoms with Gasteiger partial charge in [0, 0.05) is 6.20 Å². The molecule has 0 aliphatic rings. The van der Waals surface area contributed by atoms with Crippen molar-refractivity contribution in [3.8, 4) is 0 Å². The molecule has 0 atom stereocenters. The molecule has 1 N–H and O–H groups in total. The zero-order valence-electron chi connectivity index (χ0n) is 9.11. The van der Waals surface area contributed by atoms with Crippen LogP contribution in [0.1, 0.15) is 22.0 Å². The largest absolute Gasteiger partial charge is 0.444 e. The monoisotopic (exact) mass is 235 g/mol. The van der Waals surface area contributed by atoms with Gasteiger partial charge in [0.25, 0.3) is 5.91 Å². The predicted molar refractivity (Wildman–Crippen MR) is 56.6 cm³/mol. The van der Waals surface area contributed by atoms with E-state index in [0.717, 1.165) is 0 Å². The topological polar surface area (TPSA) is 68.0 Å². The van der Waals surface area contributed by atoms with Gasteiger partial charge in [0.1, 0.15) is 5.76 Å². The van der Waals surface area contributed by atoms with E-state index in [1.165, 1.54) is 18.3 Å². The molecule has 0 unspecified atom stereocenters. The van der Waals surface area contributed by atoms with Gasteiger partial charge in [-0.3, -0.25) is 4.79 Å². The highest BCUT2D eigenvalue weighted by Gasteiger charge is 2.12. The zero-order valence-corrected chi connectivity index (χ0v) is 9.11. The van der Waals surface area contributed by atoms with E-state index in [1.54, 1.807) is 13.1 Å². The number of oxazole rings is 1. The van der Waals surface area contributed by atoms with E-state index in [2.05, 4.69) is 15.3 Å². The van der Waals surface area contributed by atoms with Crippen LogP contribution in [-0.4, -0.2) is 15.9 Å². The van der Waals surface area contributed by atoms with Gasteiger partial charge in [0.2, 0.25) is 11.8 Å². The molecule has 5 nitrogen and oxygen atoms in total. The van der Waals surface area contributed by atoms with Crippen molar-refractivity contribution >= 4 is 5.91 Å². The highest BCUT2D eigenvalue weighted by Crippen LogP contribution is 2.04. The van der Waals surface area contributed by atoms with E-state index in [1.807, 2.05) is 0 Å². The van der Waals surface area contributed by atoms with E-state index in [-0.39, 0.29) is 12.1 Å². The van der Waals surface area contributed by atoms with Crippen LogP contribution in [0.15, 0.2) is 28.9 Å². The van der Waals surface area contributed by atoms with Crippen LogP contribution in [0.4, 0.5) is 4.39 Å². The summed E-state index contributed by atoms with van der Waals surface area (Å²) < 4.78 is 18.3. The number of carbonyl (C=O) groups excluding carboxylic acids is 1. The Balaban J connectivity index is 2.01. The lowest BCUT2D eigenvalue weighted by atomic mass is 10.2. The van der Waals surface area contributed by atoms with Crippen molar-refractivity contribution in [2.75, 3.05) is 0 Å². The molecule has 2 aromatic heterocycles. The summed E-state index contributed by atoms with van der Waals surface area (Å²) in [4.78, 5) is 18.9. The van der Waals surface area contributed by atoms with Gasteiger partial charge < -0.3 is 9.73 Å². The number of amides is 1. The van der Waals surface area contributed by atoms with Gasteiger partial charge in [-0.1, -0.05) is 0 Å². The third-order valence-corrected chi connectivity index (χ3v) is 2.07. The maximum atomic E-state index is 13.2. The summed E-state index contributed by atoms with van der Waals surface area (Å²) in [5, 5.41) is 2.49. The molecule has 0 aromatic carbocycles. The van der Waals surface area contributed by atoms with E-state index in [4.69, 9.17) is 4.42 Å². The third-order valence-electron chi connectivity index (χ3n) is 2.07. The van der Waals surface area contributed by atoms with Crippen LogP contribution < -0.4 is 5.32 Å². The molecule has 0 spiro atoms. The Kier molecular flexibility index (Phi) is 3.13. The Bertz CT molecular complexity index is 539. The molecule has 2 rings (SSSR count). The minimum atomic E-state index is -0.798. The number of aromatic nitrogens is 2. The molecule has 0 saturated heterocycles. The van der Waals surface area contributed by atoms with Crippen LogP contribution in [0.25, 0.3) is 0 Å². The number of nitrogens with one attached hydrogen (secondary N) is 1. The van der Waals surface area contributed by atoms with Crippen molar-refractivity contribution in [3.63, 3.8) is 0 Å². The van der Waals surface area contributed by atoms with E-state index in [0.29, 0.717) is 11.7 Å². The van der Waals surface area contributed by atoms with Crippen LogP contribution in [0.5, 0.6) is 0 Å². The van der Waals surface area contributed by atoms with Gasteiger partial charge in [-0.15, -0.1) is 0 Å². The van der Waals surface area contributed by atoms with E-state index >= 15 is 0 Å². The van der Waals surface area contributed by atoms with E-state index in [9.17, 15) is 9.18 Å². The lowest BCUT2D eigenvalue weighted by Crippen LogP contribution is -2.24. The summed E-state index contributed by atoms with van der Waals surface area (Å²) in [6, 6.07) is 2.85. The predicted octanol–water partition coefficient (Wildman–Crippen LogP) is 1.45. The summed E-state index contributed by atoms with van der Waals surface area (Å²) in [6.07, 6.45) is 2.83. The van der Waals surface area contributed by atoms with E-state index < -0.39 is 11.9 Å². The average Bonchev–Trinajstić information content (AvgIpc) is 2.73. The minimum absolute atomic E-state index is 0.101. The first-order valence-electron chi connectivity index (χ1n) is 4.97. The normalized spacial score (nSPS) is 10.2. The third kappa shape index (κ3) is 2.66. The molecule has 0 fully saturated rings. The molecular formula is C11H10FN3O2. The number of pyridine rings is 1. The maximum absolute atomic E-state index is 13.2. The van der Waals surface area contributed by atoms with Gasteiger partial charge in [-0.05, 0) is 19.1 Å². The van der Waals surface area contributed by atoms with Gasteiger partial charge in [-0.25, -0.2) is 9.97 Å². The van der Waals surface area contributed by atoms with Gasteiger partial charge in [0.15, 0.2) is 0 Å². The summed E-state index contributed by atoms with van der Waals surface area (Å²) >= 11 is 0. The van der Waals surface area contributed by atoms with Gasteiger partial charge in [0.05, 0.1) is 18.3 Å². The van der Waals surface area contributed by atoms with Crippen molar-refractivity contribution in [2.24, 2.45) is 0 Å². The van der Waals surface area contributed by atoms with Gasteiger partial charge in [-0.2, -0.15) is 4.39 Å². The summed E-state index contributed by atoms with van der Waals surface area (Å²) in [5.74, 6) is -0.318. The quantitative estimate of drug-likeness (QED) is 0.817. The molecule has 88 valence electrons. The minimum Gasteiger partial charge on any atom is -0.444 e. The zero-order chi connectivity index (χ0) is 12.3. The number of aryl methyl sites for hydroxylation is 1. The smallest absolute Gasteiger partial charge is 0.256 e. The summed E-state index contributed by atoms with van der Waals surface area (Å²) in [5.41, 5.74) is -0.101. The molecule has 2 heterocycles. The van der Waals surface area contributed by atoms with Crippen molar-refractivity contribution in [1.29, 1.82) is 0 Å². The molecule has 6 heteroatoms. The highest BCUT2D eigenvalue weighted by molar-refractivity contribution is 5.93. The Morgan fingerprint density at radius 1 is 1.53 bits per heavy atom. The Morgan fingerprint density at radius 3 is 3.00 bits per heavy atom. The Morgan fingerprint density at radius 2 is 2.35 bits per heavy atom. The second-order valence-corrected chi connectivity index (χ2v) is 3.39. The van der Waals surface area contributed by atoms with Crippen LogP contribution in [0, 0.1) is 12.9 Å². The first kappa shape index (κ1) is 11.3. The van der Waals surface area contributed by atoms with Crippen molar-refractivity contribution in [3.05, 3.63) is 47.7 Å². The Hall–Kier alpha value is -2.24.